The monoisotopic (exact) mass is 762 g/mol. The van der Waals surface area contributed by atoms with Crippen LogP contribution in [0.15, 0.2) is 46.9 Å². The Labute approximate surface area is 326 Å². The van der Waals surface area contributed by atoms with Gasteiger partial charge in [0.15, 0.2) is 0 Å². The van der Waals surface area contributed by atoms with Crippen LogP contribution in [-0.2, 0) is 23.7 Å². The molecule has 0 amide bonds. The quantitative estimate of drug-likeness (QED) is 0.106. The molecule has 0 bridgehead atoms. The van der Waals surface area contributed by atoms with Gasteiger partial charge in [0, 0.05) is 16.6 Å². The van der Waals surface area contributed by atoms with Crippen molar-refractivity contribution in [3.8, 4) is 11.5 Å². The maximum atomic E-state index is 11.2. The van der Waals surface area contributed by atoms with Gasteiger partial charge in [0.25, 0.3) is 0 Å². The number of hydrogen-bond donors (Lipinski definition) is 4. The molecular formula is C45H62O6S2. The first-order chi connectivity index (χ1) is 24.5. The summed E-state index contributed by atoms with van der Waals surface area (Å²) in [7, 11) is 3.95. The van der Waals surface area contributed by atoms with Gasteiger partial charge in [-0.1, -0.05) is 108 Å². The number of carbonyl (C=O) groups is 2. The number of rotatable bonds is 12. The molecule has 0 saturated heterocycles. The van der Waals surface area contributed by atoms with Crippen LogP contribution >= 0.6 is 21.6 Å². The number of allylic oxidation sites excluding steroid dienone is 1. The molecule has 1 unspecified atom stereocenters. The highest BCUT2D eigenvalue weighted by Crippen LogP contribution is 2.52. The minimum Gasteiger partial charge on any atom is -0.507 e. The summed E-state index contributed by atoms with van der Waals surface area (Å²) in [6, 6.07) is 9.45. The zero-order valence-electron chi connectivity index (χ0n) is 34.0. The fraction of sp³-hybridized carbons (Fsp3) is 0.511. The van der Waals surface area contributed by atoms with Gasteiger partial charge in [-0.25, -0.2) is 9.59 Å². The first-order valence-electron chi connectivity index (χ1n) is 18.8. The molecule has 0 fully saturated rings. The largest absolute Gasteiger partial charge is 0.507 e. The number of carboxylic acid groups (broad SMARTS) is 2. The summed E-state index contributed by atoms with van der Waals surface area (Å²) < 4.78 is 0. The molecule has 290 valence electrons. The SMILES string of the molecule is Cc1cc(C(C)(C)C)c(O)c(C)c1CC1=C(CCCCCC(C)C)C(Cc2c(C)cc(C(C)(C)C)c(O)c2C)SS1.O=C(O)c1ccc(C(=O)O)cc1. The topological polar surface area (TPSA) is 115 Å². The van der Waals surface area contributed by atoms with E-state index in [-0.39, 0.29) is 22.0 Å². The maximum absolute atomic E-state index is 11.2. The number of aromatic carboxylic acids is 2. The Balaban J connectivity index is 0.000000533. The van der Waals surface area contributed by atoms with Crippen LogP contribution < -0.4 is 0 Å². The summed E-state index contributed by atoms with van der Waals surface area (Å²) in [4.78, 5) is 22.1. The minimum absolute atomic E-state index is 0.0833. The second-order valence-electron chi connectivity index (χ2n) is 17.1. The van der Waals surface area contributed by atoms with Gasteiger partial charge in [-0.05, 0) is 138 Å². The van der Waals surface area contributed by atoms with Crippen molar-refractivity contribution in [3.05, 3.63) is 103 Å². The van der Waals surface area contributed by atoms with Crippen LogP contribution in [0.5, 0.6) is 11.5 Å². The summed E-state index contributed by atoms with van der Waals surface area (Å²) in [6.45, 7) is 26.3. The van der Waals surface area contributed by atoms with Crippen LogP contribution in [0.3, 0.4) is 0 Å². The number of phenols is 2. The normalized spacial score (nSPS) is 14.8. The third-order valence-electron chi connectivity index (χ3n) is 10.3. The highest BCUT2D eigenvalue weighted by molar-refractivity contribution is 8.78. The number of benzene rings is 3. The van der Waals surface area contributed by atoms with E-state index in [4.69, 9.17) is 10.2 Å². The van der Waals surface area contributed by atoms with Crippen molar-refractivity contribution in [1.29, 1.82) is 0 Å². The number of phenolic OH excluding ortho intramolecular Hbond substituents is 2. The van der Waals surface area contributed by atoms with Crippen molar-refractivity contribution >= 4 is 33.5 Å². The summed E-state index contributed by atoms with van der Waals surface area (Å²) in [5.74, 6) is -0.436. The van der Waals surface area contributed by atoms with Crippen molar-refractivity contribution in [2.24, 2.45) is 5.92 Å². The first-order valence-corrected chi connectivity index (χ1v) is 21.0. The Morgan fingerprint density at radius 2 is 1.17 bits per heavy atom. The van der Waals surface area contributed by atoms with Crippen LogP contribution in [0.25, 0.3) is 0 Å². The average molecular weight is 763 g/mol. The van der Waals surface area contributed by atoms with Crippen LogP contribution in [-0.4, -0.2) is 37.6 Å². The van der Waals surface area contributed by atoms with Gasteiger partial charge < -0.3 is 20.4 Å². The lowest BCUT2D eigenvalue weighted by molar-refractivity contribution is 0.0681. The molecule has 53 heavy (non-hydrogen) atoms. The zero-order chi connectivity index (χ0) is 40.0. The molecule has 0 saturated carbocycles. The first kappa shape index (κ1) is 44.0. The van der Waals surface area contributed by atoms with E-state index in [9.17, 15) is 19.8 Å². The van der Waals surface area contributed by atoms with E-state index in [1.807, 2.05) is 21.6 Å². The number of hydrogen-bond acceptors (Lipinski definition) is 6. The van der Waals surface area contributed by atoms with E-state index in [0.29, 0.717) is 16.7 Å². The number of aromatic hydroxyl groups is 2. The van der Waals surface area contributed by atoms with Gasteiger partial charge in [0.2, 0.25) is 0 Å². The Bertz CT molecular complexity index is 1770. The standard InChI is InChI=1S/C37H56O2S2.C8H6O4/c1-22(2)16-14-13-15-17-27-32(20-28-23(3)18-30(36(7,8)9)34(38)25(28)5)40-41-33(27)21-29-24(4)19-31(37(10,11)12)35(39)26(29)6;9-7(10)5-1-2-6(4-3-5)8(11)12/h18-19,22,32,38-39H,13-17,20-21H2,1-12H3;1-4H,(H,9,10)(H,11,12). The molecular weight excluding hydrogens is 701 g/mol. The van der Waals surface area contributed by atoms with Gasteiger partial charge in [0.05, 0.1) is 11.1 Å². The van der Waals surface area contributed by atoms with E-state index in [2.05, 4.69) is 95.2 Å². The molecule has 4 N–H and O–H groups in total. The van der Waals surface area contributed by atoms with E-state index >= 15 is 0 Å². The van der Waals surface area contributed by atoms with Crippen LogP contribution in [0.2, 0.25) is 0 Å². The second kappa shape index (κ2) is 18.3. The maximum Gasteiger partial charge on any atom is 0.335 e. The van der Waals surface area contributed by atoms with Gasteiger partial charge in [-0.3, -0.25) is 0 Å². The summed E-state index contributed by atoms with van der Waals surface area (Å²) in [5, 5.41) is 39.7. The summed E-state index contributed by atoms with van der Waals surface area (Å²) in [6.07, 6.45) is 8.06. The molecule has 3 aromatic rings. The fourth-order valence-corrected chi connectivity index (χ4v) is 10.1. The molecule has 8 heteroatoms. The van der Waals surface area contributed by atoms with Crippen molar-refractivity contribution in [2.75, 3.05) is 0 Å². The van der Waals surface area contributed by atoms with Gasteiger partial charge in [0.1, 0.15) is 11.5 Å². The molecule has 1 aliphatic heterocycles. The Kier molecular flexibility index (Phi) is 15.2. The molecule has 6 nitrogen and oxygen atoms in total. The Morgan fingerprint density at radius 3 is 1.60 bits per heavy atom. The predicted octanol–water partition coefficient (Wildman–Crippen LogP) is 12.4. The smallest absolute Gasteiger partial charge is 0.335 e. The van der Waals surface area contributed by atoms with E-state index in [1.165, 1.54) is 77.1 Å². The fourth-order valence-electron chi connectivity index (χ4n) is 6.91. The molecule has 0 aliphatic carbocycles. The molecule has 1 aliphatic rings. The summed E-state index contributed by atoms with van der Waals surface area (Å²) >= 11 is 0. The van der Waals surface area contributed by atoms with Crippen LogP contribution in [0.1, 0.15) is 153 Å². The highest BCUT2D eigenvalue weighted by Gasteiger charge is 2.31. The molecule has 1 heterocycles. The summed E-state index contributed by atoms with van der Waals surface area (Å²) in [5.41, 5.74) is 10.8. The molecule has 0 radical (unpaired) electrons. The zero-order valence-corrected chi connectivity index (χ0v) is 35.6. The molecule has 3 aromatic carbocycles. The Morgan fingerprint density at radius 1 is 0.717 bits per heavy atom. The number of carboxylic acids is 2. The van der Waals surface area contributed by atoms with Crippen molar-refractivity contribution in [2.45, 2.75) is 144 Å². The second-order valence-corrected chi connectivity index (χ2v) is 19.6. The lowest BCUT2D eigenvalue weighted by atomic mass is 9.81. The lowest BCUT2D eigenvalue weighted by Gasteiger charge is -2.25. The van der Waals surface area contributed by atoms with Crippen LogP contribution in [0, 0.1) is 33.6 Å². The highest BCUT2D eigenvalue weighted by atomic mass is 33.1. The van der Waals surface area contributed by atoms with Crippen molar-refractivity contribution in [3.63, 3.8) is 0 Å². The Hall–Kier alpha value is -3.36. The van der Waals surface area contributed by atoms with Gasteiger partial charge >= 0.3 is 11.9 Å². The third-order valence-corrected chi connectivity index (χ3v) is 13.2. The molecule has 4 rings (SSSR count). The van der Waals surface area contributed by atoms with Gasteiger partial charge in [-0.15, -0.1) is 0 Å². The van der Waals surface area contributed by atoms with E-state index in [1.54, 1.807) is 5.57 Å². The predicted molar refractivity (Wildman–Crippen MR) is 224 cm³/mol. The molecule has 0 aromatic heterocycles. The molecule has 1 atom stereocenters. The van der Waals surface area contributed by atoms with Crippen molar-refractivity contribution in [1.82, 2.24) is 0 Å². The lowest BCUT2D eigenvalue weighted by Crippen LogP contribution is -2.15. The number of unbranched alkanes of at least 4 members (excludes halogenated alkanes) is 2. The van der Waals surface area contributed by atoms with E-state index < -0.39 is 11.9 Å². The minimum atomic E-state index is -1.06. The molecule has 0 spiro atoms. The van der Waals surface area contributed by atoms with Crippen LogP contribution in [0.4, 0.5) is 0 Å². The van der Waals surface area contributed by atoms with E-state index in [0.717, 1.165) is 47.4 Å². The third kappa shape index (κ3) is 11.6. The number of aryl methyl sites for hydroxylation is 2. The van der Waals surface area contributed by atoms with Gasteiger partial charge in [-0.2, -0.15) is 0 Å². The average Bonchev–Trinajstić information content (AvgIpc) is 3.44. The van der Waals surface area contributed by atoms with Crippen molar-refractivity contribution < 1.29 is 30.0 Å².